The number of ether oxygens (including phenoxy) is 1. The summed E-state index contributed by atoms with van der Waals surface area (Å²) in [5.74, 6) is -0.166. The van der Waals surface area contributed by atoms with Crippen molar-refractivity contribution < 1.29 is 19.4 Å². The van der Waals surface area contributed by atoms with Crippen molar-refractivity contribution in [1.82, 2.24) is 10.7 Å². The molecule has 2 rings (SSSR count). The molecule has 2 aliphatic rings. The number of amides is 1. The number of carbonyl (C=O) groups excluding carboxylic acids is 1. The van der Waals surface area contributed by atoms with Gasteiger partial charge in [-0.15, -0.1) is 0 Å². The molecule has 1 aliphatic heterocycles. The fraction of sp³-hybridized carbons (Fsp3) is 0.611. The first-order valence-electron chi connectivity index (χ1n) is 8.85. The summed E-state index contributed by atoms with van der Waals surface area (Å²) < 4.78 is 5.28. The number of hydrazone groups is 1. The van der Waals surface area contributed by atoms with Gasteiger partial charge in [-0.1, -0.05) is 13.8 Å². The Kier molecular flexibility index (Phi) is 7.14. The molecule has 3 N–H and O–H groups in total. The van der Waals surface area contributed by atoms with Crippen LogP contribution in [0.4, 0.5) is 0 Å². The minimum atomic E-state index is -0.814. The first-order chi connectivity index (χ1) is 12.2. The summed E-state index contributed by atoms with van der Waals surface area (Å²) in [4.78, 5) is 22.5. The molecule has 0 fully saturated rings. The molecule has 8 heteroatoms. The number of hydrogen-bond acceptors (Lipinski definition) is 6. The Hall–Kier alpha value is -1.96. The Morgan fingerprint density at radius 1 is 1.42 bits per heavy atom. The van der Waals surface area contributed by atoms with E-state index in [0.29, 0.717) is 26.0 Å². The number of hydrogen-bond donors (Lipinski definition) is 4. The van der Waals surface area contributed by atoms with Crippen LogP contribution in [0, 0.1) is 0 Å². The van der Waals surface area contributed by atoms with Crippen LogP contribution in [0.1, 0.15) is 52.4 Å². The maximum atomic E-state index is 11.9. The lowest BCUT2D eigenvalue weighted by atomic mass is 9.92. The first kappa shape index (κ1) is 20.4. The molecule has 0 radical (unpaired) electrons. The van der Waals surface area contributed by atoms with Crippen LogP contribution >= 0.6 is 12.6 Å². The average molecular weight is 381 g/mol. The fourth-order valence-corrected chi connectivity index (χ4v) is 3.00. The molecule has 0 saturated heterocycles. The zero-order valence-corrected chi connectivity index (χ0v) is 16.2. The van der Waals surface area contributed by atoms with Crippen LogP contribution in [0.2, 0.25) is 0 Å². The van der Waals surface area contributed by atoms with Crippen molar-refractivity contribution in [2.45, 2.75) is 57.1 Å². The van der Waals surface area contributed by atoms with E-state index in [-0.39, 0.29) is 17.1 Å². The van der Waals surface area contributed by atoms with Gasteiger partial charge < -0.3 is 15.2 Å². The van der Waals surface area contributed by atoms with E-state index in [4.69, 9.17) is 9.84 Å². The van der Waals surface area contributed by atoms with Crippen molar-refractivity contribution in [3.8, 4) is 0 Å². The van der Waals surface area contributed by atoms with Crippen molar-refractivity contribution in [1.29, 1.82) is 0 Å². The first-order valence-corrected chi connectivity index (χ1v) is 9.29. The van der Waals surface area contributed by atoms with Crippen molar-refractivity contribution in [3.05, 3.63) is 23.1 Å². The van der Waals surface area contributed by atoms with Gasteiger partial charge in [-0.25, -0.2) is 5.43 Å². The number of carbonyl (C=O) groups is 2. The minimum absolute atomic E-state index is 0.105. The summed E-state index contributed by atoms with van der Waals surface area (Å²) in [6.07, 6.45) is 5.56. The Bertz CT molecular complexity index is 647. The average Bonchev–Trinajstić information content (AvgIpc) is 2.55. The number of nitrogens with zero attached hydrogens (tertiary/aromatic N) is 1. The van der Waals surface area contributed by atoms with E-state index in [1.54, 1.807) is 0 Å². The molecule has 0 atom stereocenters. The van der Waals surface area contributed by atoms with E-state index in [9.17, 15) is 9.59 Å². The van der Waals surface area contributed by atoms with Gasteiger partial charge in [-0.3, -0.25) is 9.59 Å². The van der Waals surface area contributed by atoms with Gasteiger partial charge in [0.15, 0.2) is 0 Å². The molecule has 7 nitrogen and oxygen atoms in total. The normalized spacial score (nSPS) is 18.7. The number of carboxylic acids is 1. The predicted octanol–water partition coefficient (Wildman–Crippen LogP) is 2.36. The number of aliphatic carboxylic acids is 1. The number of rotatable bonds is 8. The van der Waals surface area contributed by atoms with Crippen LogP contribution in [-0.4, -0.2) is 40.6 Å². The van der Waals surface area contributed by atoms with E-state index in [1.807, 2.05) is 19.9 Å². The second-order valence-electron chi connectivity index (χ2n) is 7.15. The van der Waals surface area contributed by atoms with Gasteiger partial charge in [0.05, 0.1) is 24.6 Å². The lowest BCUT2D eigenvalue weighted by Gasteiger charge is -2.27. The lowest BCUT2D eigenvalue weighted by Crippen LogP contribution is -2.33. The van der Waals surface area contributed by atoms with Crippen LogP contribution in [0.15, 0.2) is 28.2 Å². The third-order valence-electron chi connectivity index (χ3n) is 3.98. The van der Waals surface area contributed by atoms with Crippen LogP contribution in [0.25, 0.3) is 0 Å². The monoisotopic (exact) mass is 381 g/mol. The van der Waals surface area contributed by atoms with E-state index in [2.05, 4.69) is 28.5 Å². The molecule has 0 unspecified atom stereocenters. The summed E-state index contributed by atoms with van der Waals surface area (Å²) in [7, 11) is 0. The van der Waals surface area contributed by atoms with Gasteiger partial charge in [0.25, 0.3) is 0 Å². The summed E-state index contributed by atoms with van der Waals surface area (Å²) in [6.45, 7) is 4.69. The van der Waals surface area contributed by atoms with Crippen molar-refractivity contribution in [2.24, 2.45) is 5.10 Å². The quantitative estimate of drug-likeness (QED) is 0.294. The minimum Gasteiger partial charge on any atom is -0.496 e. The number of nitrogens with one attached hydrogen (secondary N) is 2. The Morgan fingerprint density at radius 2 is 2.19 bits per heavy atom. The molecule has 144 valence electrons. The molecule has 1 heterocycles. The Morgan fingerprint density at radius 3 is 2.88 bits per heavy atom. The number of dihydropyridines is 1. The Balaban J connectivity index is 1.96. The van der Waals surface area contributed by atoms with E-state index in [1.165, 1.54) is 0 Å². The summed E-state index contributed by atoms with van der Waals surface area (Å²) >= 11 is 4.36. The van der Waals surface area contributed by atoms with Crippen LogP contribution in [0.3, 0.4) is 0 Å². The highest BCUT2D eigenvalue weighted by Crippen LogP contribution is 2.26. The molecule has 0 aromatic rings. The molecular formula is C18H27N3O4S. The largest absolute Gasteiger partial charge is 0.496 e. The van der Waals surface area contributed by atoms with Crippen molar-refractivity contribution >= 4 is 30.2 Å². The van der Waals surface area contributed by atoms with Crippen LogP contribution in [-0.2, 0) is 14.3 Å². The molecule has 1 amide bonds. The lowest BCUT2D eigenvalue weighted by molar-refractivity contribution is -0.137. The van der Waals surface area contributed by atoms with Gasteiger partial charge in [0.1, 0.15) is 5.76 Å². The maximum Gasteiger partial charge on any atom is 0.303 e. The summed E-state index contributed by atoms with van der Waals surface area (Å²) in [5, 5.41) is 16.3. The zero-order valence-electron chi connectivity index (χ0n) is 15.3. The van der Waals surface area contributed by atoms with Gasteiger partial charge in [0.2, 0.25) is 5.91 Å². The standard InChI is InChI=1S/C18H27N3O4S/c1-18(2,26)10-15(22)21-20-14-6-3-5-12-9-13(11-19-17(12)14)25-8-4-7-16(23)24/h9,19,26H,3-8,10-11H2,1-2H3,(H,21,22)(H,23,24)/b20-14-. The van der Waals surface area contributed by atoms with Gasteiger partial charge in [-0.2, -0.15) is 17.7 Å². The number of allylic oxidation sites excluding steroid dienone is 3. The van der Waals surface area contributed by atoms with E-state index in [0.717, 1.165) is 42.0 Å². The van der Waals surface area contributed by atoms with E-state index >= 15 is 0 Å². The van der Waals surface area contributed by atoms with Crippen molar-refractivity contribution in [2.75, 3.05) is 13.2 Å². The third-order valence-corrected chi connectivity index (χ3v) is 4.13. The second kappa shape index (κ2) is 9.12. The molecule has 1 aliphatic carbocycles. The third kappa shape index (κ3) is 6.74. The zero-order chi connectivity index (χ0) is 19.2. The summed E-state index contributed by atoms with van der Waals surface area (Å²) in [6, 6.07) is 0. The number of carboxylic acid groups (broad SMARTS) is 1. The molecule has 0 aromatic carbocycles. The topological polar surface area (TPSA) is 100 Å². The fourth-order valence-electron chi connectivity index (χ4n) is 2.86. The molecular weight excluding hydrogens is 354 g/mol. The van der Waals surface area contributed by atoms with E-state index < -0.39 is 5.97 Å². The molecule has 0 saturated carbocycles. The van der Waals surface area contributed by atoms with Crippen LogP contribution in [0.5, 0.6) is 0 Å². The van der Waals surface area contributed by atoms with Gasteiger partial charge in [-0.05, 0) is 37.3 Å². The number of thiol groups is 1. The van der Waals surface area contributed by atoms with Crippen LogP contribution < -0.4 is 10.7 Å². The van der Waals surface area contributed by atoms with Crippen molar-refractivity contribution in [3.63, 3.8) is 0 Å². The SMILES string of the molecule is CC(C)(S)CC(=O)N/N=C1/CCCC2=C1NCC(OCCCC(=O)O)=C2. The van der Waals surface area contributed by atoms with Gasteiger partial charge >= 0.3 is 5.97 Å². The molecule has 0 aromatic heterocycles. The highest BCUT2D eigenvalue weighted by molar-refractivity contribution is 7.81. The maximum absolute atomic E-state index is 11.9. The second-order valence-corrected chi connectivity index (χ2v) is 8.36. The smallest absolute Gasteiger partial charge is 0.303 e. The molecule has 26 heavy (non-hydrogen) atoms. The molecule has 0 spiro atoms. The Labute approximate surface area is 159 Å². The predicted molar refractivity (Wildman–Crippen MR) is 103 cm³/mol. The highest BCUT2D eigenvalue weighted by Gasteiger charge is 2.23. The molecule has 0 bridgehead atoms. The summed E-state index contributed by atoms with van der Waals surface area (Å²) in [5.41, 5.74) is 5.54. The van der Waals surface area contributed by atoms with Gasteiger partial charge in [0, 0.05) is 17.6 Å². The highest BCUT2D eigenvalue weighted by atomic mass is 32.1.